The van der Waals surface area contributed by atoms with Crippen LogP contribution in [0.4, 0.5) is 5.69 Å². The van der Waals surface area contributed by atoms with E-state index < -0.39 is 5.91 Å². The molecular weight excluding hydrogens is 504 g/mol. The number of fused-ring (bicyclic) bond motifs is 4. The topological polar surface area (TPSA) is 166 Å². The van der Waals surface area contributed by atoms with Gasteiger partial charge in [-0.1, -0.05) is 12.1 Å². The van der Waals surface area contributed by atoms with Crippen molar-refractivity contribution in [1.29, 1.82) is 0 Å². The number of hydrogen-bond acceptors (Lipinski definition) is 11. The number of piperazine rings is 1. The molecule has 2 aromatic heterocycles. The molecular formula is C26H26N8O5. The van der Waals surface area contributed by atoms with Crippen LogP contribution in [0.25, 0.3) is 33.1 Å². The molecule has 0 atom stereocenters. The fraction of sp³-hybridized carbons (Fsp3) is 0.308. The number of hydrogen-bond donors (Lipinski definition) is 3. The van der Waals surface area contributed by atoms with E-state index in [1.54, 1.807) is 12.1 Å². The van der Waals surface area contributed by atoms with Crippen molar-refractivity contribution in [3.63, 3.8) is 0 Å². The molecule has 13 nitrogen and oxygen atoms in total. The number of para-hydroxylation sites is 1. The van der Waals surface area contributed by atoms with E-state index >= 15 is 0 Å². The molecule has 1 saturated heterocycles. The first-order valence-corrected chi connectivity index (χ1v) is 12.6. The Kier molecular flexibility index (Phi) is 6.84. The van der Waals surface area contributed by atoms with E-state index in [2.05, 4.69) is 40.3 Å². The molecule has 1 aliphatic rings. The van der Waals surface area contributed by atoms with E-state index in [4.69, 9.17) is 14.5 Å². The number of aromatic hydroxyl groups is 1. The minimum absolute atomic E-state index is 0.0449. The number of aromatic nitrogens is 4. The summed E-state index contributed by atoms with van der Waals surface area (Å²) in [6, 6.07) is 11.7. The number of benzene rings is 2. The number of β-amino-alcohol motifs (C(OH)–C–C–N with tert-alkyl or cyclic N) is 1. The quantitative estimate of drug-likeness (QED) is 0.254. The average molecular weight is 531 g/mol. The van der Waals surface area contributed by atoms with Gasteiger partial charge in [0.15, 0.2) is 0 Å². The lowest BCUT2D eigenvalue weighted by molar-refractivity contribution is 0.0992. The van der Waals surface area contributed by atoms with E-state index in [9.17, 15) is 9.90 Å². The molecule has 39 heavy (non-hydrogen) atoms. The number of ether oxygens (including phenoxy) is 1. The van der Waals surface area contributed by atoms with Gasteiger partial charge in [0.25, 0.3) is 5.91 Å². The lowest BCUT2D eigenvalue weighted by Gasteiger charge is -2.34. The summed E-state index contributed by atoms with van der Waals surface area (Å²) >= 11 is 0. The molecule has 3 heterocycles. The second-order valence-corrected chi connectivity index (χ2v) is 9.21. The fourth-order valence-corrected chi connectivity index (χ4v) is 4.74. The van der Waals surface area contributed by atoms with Crippen molar-refractivity contribution in [2.24, 2.45) is 10.2 Å². The van der Waals surface area contributed by atoms with Crippen molar-refractivity contribution in [3.05, 3.63) is 48.0 Å². The van der Waals surface area contributed by atoms with Crippen molar-refractivity contribution in [2.45, 2.75) is 0 Å². The summed E-state index contributed by atoms with van der Waals surface area (Å²) in [5.41, 5.74) is 1.99. The molecule has 0 aliphatic carbocycles. The fourth-order valence-electron chi connectivity index (χ4n) is 4.74. The first-order valence-electron chi connectivity index (χ1n) is 12.6. The number of phenols is 1. The number of carbonyl (C=O) groups excluding carboxylic acids is 1. The maximum Gasteiger partial charge on any atom is 0.299 e. The molecule has 1 fully saturated rings. The molecule has 6 rings (SSSR count). The van der Waals surface area contributed by atoms with E-state index in [1.807, 2.05) is 18.2 Å². The van der Waals surface area contributed by atoms with Gasteiger partial charge in [-0.05, 0) is 35.5 Å². The predicted molar refractivity (Wildman–Crippen MR) is 141 cm³/mol. The largest absolute Gasteiger partial charge is 0.507 e. The molecule has 3 aromatic carbocycles. The first-order chi connectivity index (χ1) is 19.1. The van der Waals surface area contributed by atoms with E-state index in [-0.39, 0.29) is 17.9 Å². The number of H-pyrrole nitrogens is 1. The number of aromatic amines is 1. The summed E-state index contributed by atoms with van der Waals surface area (Å²) in [6.07, 6.45) is 0. The smallest absolute Gasteiger partial charge is 0.299 e. The summed E-state index contributed by atoms with van der Waals surface area (Å²) in [5.74, 6) is -0.226. The summed E-state index contributed by atoms with van der Waals surface area (Å²) in [5, 5.41) is 35.1. The second kappa shape index (κ2) is 10.7. The van der Waals surface area contributed by atoms with Gasteiger partial charge in [-0.15, -0.1) is 10.2 Å². The van der Waals surface area contributed by atoms with Crippen LogP contribution < -0.4 is 4.74 Å². The Morgan fingerprint density at radius 2 is 1.82 bits per heavy atom. The van der Waals surface area contributed by atoms with Gasteiger partial charge in [-0.25, -0.2) is 9.97 Å². The Balaban J connectivity index is 1.28. The van der Waals surface area contributed by atoms with Crippen molar-refractivity contribution in [2.75, 3.05) is 52.5 Å². The third-order valence-corrected chi connectivity index (χ3v) is 6.81. The van der Waals surface area contributed by atoms with Crippen LogP contribution in [0.3, 0.4) is 0 Å². The highest BCUT2D eigenvalue weighted by Gasteiger charge is 2.20. The number of aliphatic hydroxyl groups is 1. The number of azo groups is 1. The van der Waals surface area contributed by atoms with Gasteiger partial charge in [0.1, 0.15) is 34.8 Å². The van der Waals surface area contributed by atoms with Gasteiger partial charge >= 0.3 is 0 Å². The van der Waals surface area contributed by atoms with Gasteiger partial charge < -0.3 is 14.9 Å². The van der Waals surface area contributed by atoms with Crippen LogP contribution in [-0.4, -0.2) is 98.7 Å². The maximum absolute atomic E-state index is 12.7. The number of amides is 1. The summed E-state index contributed by atoms with van der Waals surface area (Å²) in [6.45, 7) is 5.87. The van der Waals surface area contributed by atoms with Crippen LogP contribution in [0, 0.1) is 0 Å². The van der Waals surface area contributed by atoms with Gasteiger partial charge in [0, 0.05) is 50.0 Å². The van der Waals surface area contributed by atoms with Gasteiger partial charge in [0.2, 0.25) is 11.3 Å². The Bertz CT molecular complexity index is 1670. The maximum atomic E-state index is 12.7. The van der Waals surface area contributed by atoms with Crippen LogP contribution >= 0.6 is 0 Å². The van der Waals surface area contributed by atoms with E-state index in [0.717, 1.165) is 38.1 Å². The summed E-state index contributed by atoms with van der Waals surface area (Å²) in [4.78, 5) is 26.4. The highest BCUT2D eigenvalue weighted by Crippen LogP contribution is 2.40. The predicted octanol–water partition coefficient (Wildman–Crippen LogP) is 2.87. The summed E-state index contributed by atoms with van der Waals surface area (Å²) in [7, 11) is 0. The van der Waals surface area contributed by atoms with Crippen molar-refractivity contribution in [1.82, 2.24) is 30.1 Å². The Morgan fingerprint density at radius 1 is 1.03 bits per heavy atom. The van der Waals surface area contributed by atoms with Crippen molar-refractivity contribution >= 4 is 44.7 Å². The number of nitrogens with zero attached hydrogens (tertiary/aromatic N) is 7. The SMILES string of the molecule is O=C(N=Nc1c2cc(OCCN3CCN(CCO)CC3)ccc2c2nc3no[nH]c3nc12)c1ccccc1O. The molecule has 0 spiro atoms. The zero-order valence-corrected chi connectivity index (χ0v) is 20.9. The number of carbonyl (C=O) groups is 1. The molecule has 200 valence electrons. The van der Waals surface area contributed by atoms with Crippen LogP contribution in [0.1, 0.15) is 10.4 Å². The van der Waals surface area contributed by atoms with Crippen LogP contribution in [0.2, 0.25) is 0 Å². The second-order valence-electron chi connectivity index (χ2n) is 9.21. The van der Waals surface area contributed by atoms with E-state index in [1.165, 1.54) is 12.1 Å². The molecule has 0 bridgehead atoms. The Morgan fingerprint density at radius 3 is 2.62 bits per heavy atom. The van der Waals surface area contributed by atoms with Crippen LogP contribution in [0.5, 0.6) is 11.5 Å². The Labute approximate surface area is 221 Å². The number of aliphatic hydroxyl groups excluding tert-OH is 1. The van der Waals surface area contributed by atoms with Gasteiger partial charge in [-0.3, -0.25) is 19.2 Å². The minimum atomic E-state index is -0.687. The number of nitrogens with one attached hydrogen (secondary N) is 1. The van der Waals surface area contributed by atoms with Gasteiger partial charge in [-0.2, -0.15) is 5.16 Å². The first kappa shape index (κ1) is 24.9. The highest BCUT2D eigenvalue weighted by molar-refractivity contribution is 6.19. The summed E-state index contributed by atoms with van der Waals surface area (Å²) < 4.78 is 11.0. The average Bonchev–Trinajstić information content (AvgIpc) is 3.53. The lowest BCUT2D eigenvalue weighted by atomic mass is 10.2. The molecule has 3 N–H and O–H groups in total. The Hall–Kier alpha value is -4.46. The standard InChI is InChI=1S/C26H26N8O5/c35-13-11-33-7-9-34(10-8-33)12-14-38-16-5-6-17-19(15-16)22(23-21(17)27-24-25(28-23)32-39-31-24)29-30-26(37)18-3-1-2-4-20(18)36/h1-6,15,35-36H,7-14H2,(H,28,32). The van der Waals surface area contributed by atoms with Crippen molar-refractivity contribution in [3.8, 4) is 11.5 Å². The zero-order valence-electron chi connectivity index (χ0n) is 20.9. The number of rotatable bonds is 8. The molecule has 1 aliphatic heterocycles. The zero-order chi connectivity index (χ0) is 26.8. The molecule has 5 aromatic rings. The third-order valence-electron chi connectivity index (χ3n) is 6.81. The van der Waals surface area contributed by atoms with Crippen LogP contribution in [0.15, 0.2) is 57.3 Å². The van der Waals surface area contributed by atoms with Crippen LogP contribution in [-0.2, 0) is 0 Å². The molecule has 13 heteroatoms. The highest BCUT2D eigenvalue weighted by atomic mass is 16.6. The number of phenolic OH excluding ortho intramolecular Hbond substituents is 1. The molecule has 0 unspecified atom stereocenters. The molecule has 0 saturated carbocycles. The van der Waals surface area contributed by atoms with Gasteiger partial charge in [0.05, 0.1) is 12.2 Å². The minimum Gasteiger partial charge on any atom is -0.507 e. The third kappa shape index (κ3) is 5.02. The monoisotopic (exact) mass is 530 g/mol. The normalized spacial score (nSPS) is 15.2. The van der Waals surface area contributed by atoms with Crippen molar-refractivity contribution < 1.29 is 24.4 Å². The molecule has 1 amide bonds. The molecule has 0 radical (unpaired) electrons. The lowest BCUT2D eigenvalue weighted by Crippen LogP contribution is -2.48. The van der Waals surface area contributed by atoms with E-state index in [0.29, 0.717) is 52.3 Å².